The summed E-state index contributed by atoms with van der Waals surface area (Å²) < 4.78 is 2.05. The maximum atomic E-state index is 5.79. The molecule has 4 heteroatoms. The van der Waals surface area contributed by atoms with E-state index in [4.69, 9.17) is 15.8 Å². The summed E-state index contributed by atoms with van der Waals surface area (Å²) in [4.78, 5) is 4.93. The second-order valence-electron chi connectivity index (χ2n) is 6.74. The fraction of sp³-hybridized carbons (Fsp3) is 0.875. The molecule has 0 atom stereocenters. The van der Waals surface area contributed by atoms with Gasteiger partial charge in [-0.25, -0.2) is 4.98 Å². The van der Waals surface area contributed by atoms with Crippen LogP contribution >= 0.6 is 0 Å². The minimum atomic E-state index is 0.604. The van der Waals surface area contributed by atoms with Crippen molar-refractivity contribution in [1.82, 2.24) is 14.8 Å². The van der Waals surface area contributed by atoms with Crippen molar-refractivity contribution in [3.05, 3.63) is 11.6 Å². The van der Waals surface area contributed by atoms with Crippen LogP contribution in [0.15, 0.2) is 0 Å². The van der Waals surface area contributed by atoms with E-state index in [9.17, 15) is 0 Å². The molecule has 2 fully saturated rings. The van der Waals surface area contributed by atoms with E-state index in [0.717, 1.165) is 18.3 Å². The summed E-state index contributed by atoms with van der Waals surface area (Å²) in [6.45, 7) is 0.846. The first-order valence-corrected chi connectivity index (χ1v) is 8.38. The summed E-state index contributed by atoms with van der Waals surface area (Å²) in [5.41, 5.74) is 5.79. The number of rotatable bonds is 3. The Morgan fingerprint density at radius 1 is 1.00 bits per heavy atom. The first kappa shape index (κ1) is 14.1. The third-order valence-electron chi connectivity index (χ3n) is 5.33. The summed E-state index contributed by atoms with van der Waals surface area (Å²) in [6, 6.07) is 0. The zero-order chi connectivity index (χ0) is 13.9. The molecule has 0 spiro atoms. The van der Waals surface area contributed by atoms with Crippen molar-refractivity contribution in [3.8, 4) is 0 Å². The standard InChI is InChI=1S/C16H28N4/c1-20-16(14-9-7-12(11-17)8-10-14)18-15(19-20)13-5-3-2-4-6-13/h12-14H,2-11,17H2,1H3. The van der Waals surface area contributed by atoms with E-state index >= 15 is 0 Å². The lowest BCUT2D eigenvalue weighted by atomic mass is 9.81. The lowest BCUT2D eigenvalue weighted by Crippen LogP contribution is -2.22. The second-order valence-corrected chi connectivity index (χ2v) is 6.74. The van der Waals surface area contributed by atoms with Gasteiger partial charge in [0, 0.05) is 18.9 Å². The molecular weight excluding hydrogens is 248 g/mol. The Bertz CT molecular complexity index is 426. The molecule has 2 aliphatic rings. The molecular formula is C16H28N4. The summed E-state index contributed by atoms with van der Waals surface area (Å²) in [5, 5.41) is 4.73. The number of nitrogens with zero attached hydrogens (tertiary/aromatic N) is 3. The third-order valence-corrected chi connectivity index (χ3v) is 5.33. The second kappa shape index (κ2) is 6.25. The normalized spacial score (nSPS) is 28.7. The molecule has 0 bridgehead atoms. The Balaban J connectivity index is 1.69. The van der Waals surface area contributed by atoms with Crippen molar-refractivity contribution in [2.75, 3.05) is 6.54 Å². The van der Waals surface area contributed by atoms with Gasteiger partial charge in [-0.2, -0.15) is 5.10 Å². The Morgan fingerprint density at radius 2 is 1.70 bits per heavy atom. The van der Waals surface area contributed by atoms with Crippen LogP contribution in [0.5, 0.6) is 0 Å². The van der Waals surface area contributed by atoms with E-state index in [1.807, 2.05) is 0 Å². The van der Waals surface area contributed by atoms with Gasteiger partial charge in [0.05, 0.1) is 0 Å². The van der Waals surface area contributed by atoms with E-state index < -0.39 is 0 Å². The highest BCUT2D eigenvalue weighted by atomic mass is 15.3. The van der Waals surface area contributed by atoms with E-state index in [2.05, 4.69) is 11.7 Å². The lowest BCUT2D eigenvalue weighted by Gasteiger charge is -2.26. The van der Waals surface area contributed by atoms with Crippen molar-refractivity contribution >= 4 is 0 Å². The molecule has 20 heavy (non-hydrogen) atoms. The molecule has 2 aliphatic carbocycles. The van der Waals surface area contributed by atoms with Crippen LogP contribution in [0, 0.1) is 5.92 Å². The van der Waals surface area contributed by atoms with Gasteiger partial charge in [0.15, 0.2) is 5.82 Å². The average Bonchev–Trinajstić information content (AvgIpc) is 2.90. The zero-order valence-electron chi connectivity index (χ0n) is 12.7. The quantitative estimate of drug-likeness (QED) is 0.923. The van der Waals surface area contributed by atoms with Gasteiger partial charge in [-0.3, -0.25) is 4.68 Å². The van der Waals surface area contributed by atoms with Crippen LogP contribution in [0.25, 0.3) is 0 Å². The monoisotopic (exact) mass is 276 g/mol. The van der Waals surface area contributed by atoms with Gasteiger partial charge >= 0.3 is 0 Å². The Hall–Kier alpha value is -0.900. The summed E-state index contributed by atoms with van der Waals surface area (Å²) in [5.74, 6) is 4.29. The van der Waals surface area contributed by atoms with Crippen molar-refractivity contribution in [1.29, 1.82) is 0 Å². The molecule has 0 unspecified atom stereocenters. The van der Waals surface area contributed by atoms with Crippen molar-refractivity contribution in [2.45, 2.75) is 69.6 Å². The zero-order valence-corrected chi connectivity index (χ0v) is 12.7. The molecule has 2 N–H and O–H groups in total. The predicted octanol–water partition coefficient (Wildman–Crippen LogP) is 3.10. The van der Waals surface area contributed by atoms with Gasteiger partial charge in [-0.15, -0.1) is 0 Å². The first-order chi connectivity index (χ1) is 9.78. The van der Waals surface area contributed by atoms with E-state index in [1.165, 1.54) is 63.6 Å². The van der Waals surface area contributed by atoms with E-state index in [-0.39, 0.29) is 0 Å². The van der Waals surface area contributed by atoms with Crippen LogP contribution in [-0.4, -0.2) is 21.3 Å². The largest absolute Gasteiger partial charge is 0.330 e. The third kappa shape index (κ3) is 2.90. The van der Waals surface area contributed by atoms with Crippen LogP contribution < -0.4 is 5.73 Å². The van der Waals surface area contributed by atoms with Crippen molar-refractivity contribution in [2.24, 2.45) is 18.7 Å². The van der Waals surface area contributed by atoms with Crippen LogP contribution in [-0.2, 0) is 7.05 Å². The van der Waals surface area contributed by atoms with Gasteiger partial charge in [0.25, 0.3) is 0 Å². The lowest BCUT2D eigenvalue weighted by molar-refractivity contribution is 0.320. The highest BCUT2D eigenvalue weighted by molar-refractivity contribution is 5.05. The molecule has 0 radical (unpaired) electrons. The number of hydrogen-bond acceptors (Lipinski definition) is 3. The fourth-order valence-electron chi connectivity index (χ4n) is 3.96. The molecule has 0 saturated heterocycles. The SMILES string of the molecule is Cn1nc(C2CCCCC2)nc1C1CCC(CN)CC1. The number of hydrogen-bond donors (Lipinski definition) is 1. The summed E-state index contributed by atoms with van der Waals surface area (Å²) >= 11 is 0. The van der Waals surface area contributed by atoms with Crippen LogP contribution in [0.1, 0.15) is 81.3 Å². The summed E-state index contributed by atoms with van der Waals surface area (Å²) in [7, 11) is 2.07. The van der Waals surface area contributed by atoms with Gasteiger partial charge in [-0.05, 0) is 51.0 Å². The Kier molecular flexibility index (Phi) is 4.39. The predicted molar refractivity (Wildman–Crippen MR) is 80.6 cm³/mol. The molecule has 0 amide bonds. The molecule has 112 valence electrons. The molecule has 4 nitrogen and oxygen atoms in total. The van der Waals surface area contributed by atoms with Crippen LogP contribution in [0.2, 0.25) is 0 Å². The smallest absolute Gasteiger partial charge is 0.154 e. The van der Waals surface area contributed by atoms with Gasteiger partial charge < -0.3 is 5.73 Å². The highest BCUT2D eigenvalue weighted by Crippen LogP contribution is 2.36. The minimum Gasteiger partial charge on any atom is -0.330 e. The highest BCUT2D eigenvalue weighted by Gasteiger charge is 2.27. The van der Waals surface area contributed by atoms with Crippen LogP contribution in [0.3, 0.4) is 0 Å². The minimum absolute atomic E-state index is 0.604. The van der Waals surface area contributed by atoms with Crippen LogP contribution in [0.4, 0.5) is 0 Å². The molecule has 2 saturated carbocycles. The Morgan fingerprint density at radius 3 is 2.35 bits per heavy atom. The maximum Gasteiger partial charge on any atom is 0.154 e. The average molecular weight is 276 g/mol. The number of aromatic nitrogens is 3. The Labute approximate surface area is 122 Å². The topological polar surface area (TPSA) is 56.7 Å². The molecule has 1 aromatic heterocycles. The maximum absolute atomic E-state index is 5.79. The fourth-order valence-corrected chi connectivity index (χ4v) is 3.96. The summed E-state index contributed by atoms with van der Waals surface area (Å²) in [6.07, 6.45) is 11.6. The van der Waals surface area contributed by atoms with Gasteiger partial charge in [0.1, 0.15) is 5.82 Å². The first-order valence-electron chi connectivity index (χ1n) is 8.38. The van der Waals surface area contributed by atoms with Gasteiger partial charge in [0.2, 0.25) is 0 Å². The molecule has 3 rings (SSSR count). The van der Waals surface area contributed by atoms with Gasteiger partial charge in [-0.1, -0.05) is 19.3 Å². The number of aryl methyl sites for hydroxylation is 1. The van der Waals surface area contributed by atoms with E-state index in [0.29, 0.717) is 11.8 Å². The van der Waals surface area contributed by atoms with Crippen molar-refractivity contribution in [3.63, 3.8) is 0 Å². The number of nitrogens with two attached hydrogens (primary N) is 1. The molecule has 0 aliphatic heterocycles. The van der Waals surface area contributed by atoms with Crippen molar-refractivity contribution < 1.29 is 0 Å². The van der Waals surface area contributed by atoms with E-state index in [1.54, 1.807) is 0 Å². The molecule has 1 aromatic rings. The molecule has 1 heterocycles. The molecule has 0 aromatic carbocycles.